The molecule has 0 aliphatic heterocycles. The van der Waals surface area contributed by atoms with Crippen LogP contribution in [0.3, 0.4) is 0 Å². The molecule has 0 spiro atoms. The lowest BCUT2D eigenvalue weighted by atomic mass is 10.5. The van der Waals surface area contributed by atoms with Crippen molar-refractivity contribution in [2.24, 2.45) is 0 Å². The number of aldehydes is 1. The van der Waals surface area contributed by atoms with E-state index in [1.807, 2.05) is 19.1 Å². The average Bonchev–Trinajstić information content (AvgIpc) is 2.88. The Morgan fingerprint density at radius 1 is 1.53 bits per heavy atom. The van der Waals surface area contributed by atoms with Crippen molar-refractivity contribution in [2.45, 2.75) is 6.92 Å². The van der Waals surface area contributed by atoms with Gasteiger partial charge in [-0.3, -0.25) is 4.79 Å². The number of carbonyl (C=O) groups is 1. The summed E-state index contributed by atoms with van der Waals surface area (Å²) < 4.78 is 0. The van der Waals surface area contributed by atoms with Crippen LogP contribution in [-0.4, -0.2) is 28.5 Å². The third-order valence-corrected chi connectivity index (χ3v) is 2.46. The van der Waals surface area contributed by atoms with Gasteiger partial charge in [-0.25, -0.2) is 10.1 Å². The van der Waals surface area contributed by atoms with E-state index >= 15 is 0 Å². The minimum absolute atomic E-state index is 0.694. The topological polar surface area (TPSA) is 70.7 Å². The number of nitrogens with zero attached hydrogens (tertiary/aromatic N) is 2. The van der Waals surface area contributed by atoms with Crippen molar-refractivity contribution >= 4 is 23.6 Å². The zero-order chi connectivity index (χ0) is 11.1. The zero-order valence-electron chi connectivity index (χ0n) is 8.52. The van der Waals surface area contributed by atoms with Crippen molar-refractivity contribution in [3.8, 4) is 0 Å². The molecule has 0 atom stereocenters. The SMILES string of the molecule is CNc1ncn[nH]1.Cc1ccc(C=O)s1. The summed E-state index contributed by atoms with van der Waals surface area (Å²) in [6.45, 7) is 1.98. The Hall–Kier alpha value is -1.69. The third kappa shape index (κ3) is 3.90. The molecule has 2 aromatic heterocycles. The van der Waals surface area contributed by atoms with Gasteiger partial charge in [-0.05, 0) is 19.1 Å². The minimum Gasteiger partial charge on any atom is -0.358 e. The second kappa shape index (κ2) is 5.92. The van der Waals surface area contributed by atoms with Crippen LogP contribution in [0.4, 0.5) is 5.95 Å². The van der Waals surface area contributed by atoms with Crippen LogP contribution in [-0.2, 0) is 0 Å². The van der Waals surface area contributed by atoms with Gasteiger partial charge >= 0.3 is 0 Å². The maximum atomic E-state index is 10.0. The molecule has 2 aromatic rings. The van der Waals surface area contributed by atoms with E-state index in [0.717, 1.165) is 11.2 Å². The van der Waals surface area contributed by atoms with Crippen LogP contribution in [0.15, 0.2) is 18.5 Å². The van der Waals surface area contributed by atoms with Crippen LogP contribution in [0, 0.1) is 6.92 Å². The maximum absolute atomic E-state index is 10.0. The summed E-state index contributed by atoms with van der Waals surface area (Å²) in [5.41, 5.74) is 0. The first-order valence-electron chi connectivity index (χ1n) is 4.31. The molecule has 0 fully saturated rings. The Morgan fingerprint density at radius 3 is 2.60 bits per heavy atom. The first-order chi connectivity index (χ1) is 7.26. The Bertz CT molecular complexity index is 396. The van der Waals surface area contributed by atoms with E-state index in [-0.39, 0.29) is 0 Å². The predicted molar refractivity (Wildman–Crippen MR) is 60.4 cm³/mol. The molecule has 6 heteroatoms. The third-order valence-electron chi connectivity index (χ3n) is 1.53. The van der Waals surface area contributed by atoms with Crippen LogP contribution < -0.4 is 5.32 Å². The lowest BCUT2D eigenvalue weighted by molar-refractivity contribution is 0.112. The number of rotatable bonds is 2. The number of hydrogen-bond acceptors (Lipinski definition) is 5. The molecule has 0 saturated heterocycles. The van der Waals surface area contributed by atoms with Gasteiger partial charge < -0.3 is 5.32 Å². The van der Waals surface area contributed by atoms with Gasteiger partial charge in [0.2, 0.25) is 5.95 Å². The summed E-state index contributed by atoms with van der Waals surface area (Å²) in [5, 5.41) is 8.99. The summed E-state index contributed by atoms with van der Waals surface area (Å²) >= 11 is 1.52. The number of thiophene rings is 1. The van der Waals surface area contributed by atoms with Crippen LogP contribution in [0.5, 0.6) is 0 Å². The van der Waals surface area contributed by atoms with Crippen molar-refractivity contribution in [3.63, 3.8) is 0 Å². The normalized spacial score (nSPS) is 8.93. The van der Waals surface area contributed by atoms with E-state index in [4.69, 9.17) is 0 Å². The fourth-order valence-corrected chi connectivity index (χ4v) is 1.53. The summed E-state index contributed by atoms with van der Waals surface area (Å²) in [4.78, 5) is 15.8. The number of anilines is 1. The van der Waals surface area contributed by atoms with Crippen molar-refractivity contribution in [1.29, 1.82) is 0 Å². The number of H-pyrrole nitrogens is 1. The Kier molecular flexibility index (Phi) is 4.49. The number of aromatic nitrogens is 3. The monoisotopic (exact) mass is 224 g/mol. The van der Waals surface area contributed by atoms with Gasteiger partial charge in [-0.2, -0.15) is 5.10 Å². The zero-order valence-corrected chi connectivity index (χ0v) is 9.34. The average molecular weight is 224 g/mol. The molecule has 2 heterocycles. The van der Waals surface area contributed by atoms with Gasteiger partial charge in [0.25, 0.3) is 0 Å². The van der Waals surface area contributed by atoms with Gasteiger partial charge in [0.1, 0.15) is 6.33 Å². The second-order valence-corrected chi connectivity index (χ2v) is 3.97. The Labute approximate surface area is 91.6 Å². The molecule has 2 rings (SSSR count). The fraction of sp³-hybridized carbons (Fsp3) is 0.222. The summed E-state index contributed by atoms with van der Waals surface area (Å²) in [6, 6.07) is 3.77. The van der Waals surface area contributed by atoms with Crippen LogP contribution in [0.25, 0.3) is 0 Å². The number of aromatic amines is 1. The van der Waals surface area contributed by atoms with E-state index in [1.54, 1.807) is 7.05 Å². The van der Waals surface area contributed by atoms with E-state index in [0.29, 0.717) is 5.95 Å². The lowest BCUT2D eigenvalue weighted by Crippen LogP contribution is -1.88. The fourth-order valence-electron chi connectivity index (χ4n) is 0.843. The highest BCUT2D eigenvalue weighted by Crippen LogP contribution is 2.11. The van der Waals surface area contributed by atoms with E-state index in [9.17, 15) is 4.79 Å². The van der Waals surface area contributed by atoms with E-state index in [1.165, 1.54) is 22.5 Å². The number of carbonyl (C=O) groups excluding carboxylic acids is 1. The Morgan fingerprint density at radius 2 is 2.33 bits per heavy atom. The first-order valence-corrected chi connectivity index (χ1v) is 5.12. The van der Waals surface area contributed by atoms with Crippen molar-refractivity contribution in [3.05, 3.63) is 28.2 Å². The van der Waals surface area contributed by atoms with E-state index < -0.39 is 0 Å². The molecule has 0 aliphatic rings. The van der Waals surface area contributed by atoms with Crippen molar-refractivity contribution in [2.75, 3.05) is 12.4 Å². The maximum Gasteiger partial charge on any atom is 0.218 e. The van der Waals surface area contributed by atoms with Gasteiger partial charge in [0, 0.05) is 11.9 Å². The Balaban J connectivity index is 0.000000151. The van der Waals surface area contributed by atoms with Crippen LogP contribution in [0.1, 0.15) is 14.5 Å². The molecule has 0 bridgehead atoms. The number of nitrogens with one attached hydrogen (secondary N) is 2. The standard InChI is InChI=1S/C6H6OS.C3H6N4/c1-5-2-3-6(4-7)8-5;1-4-3-5-2-6-7-3/h2-4H,1H3;2H,1H3,(H2,4,5,6,7). The molecule has 0 radical (unpaired) electrons. The molecule has 0 unspecified atom stereocenters. The lowest BCUT2D eigenvalue weighted by Gasteiger charge is -1.83. The molecule has 15 heavy (non-hydrogen) atoms. The van der Waals surface area contributed by atoms with Gasteiger partial charge in [0.05, 0.1) is 4.88 Å². The van der Waals surface area contributed by atoms with E-state index in [2.05, 4.69) is 20.5 Å². The van der Waals surface area contributed by atoms with Crippen molar-refractivity contribution in [1.82, 2.24) is 15.2 Å². The highest BCUT2D eigenvalue weighted by atomic mass is 32.1. The van der Waals surface area contributed by atoms with Gasteiger partial charge in [-0.1, -0.05) is 0 Å². The van der Waals surface area contributed by atoms with Gasteiger partial charge in [0.15, 0.2) is 6.29 Å². The first kappa shape index (κ1) is 11.4. The van der Waals surface area contributed by atoms with Gasteiger partial charge in [-0.15, -0.1) is 11.3 Å². The second-order valence-electron chi connectivity index (χ2n) is 2.65. The molecule has 5 nitrogen and oxygen atoms in total. The van der Waals surface area contributed by atoms with Crippen molar-refractivity contribution < 1.29 is 4.79 Å². The smallest absolute Gasteiger partial charge is 0.218 e. The highest BCUT2D eigenvalue weighted by molar-refractivity contribution is 7.13. The minimum atomic E-state index is 0.694. The number of aryl methyl sites for hydroxylation is 1. The molecule has 2 N–H and O–H groups in total. The van der Waals surface area contributed by atoms with Crippen LogP contribution >= 0.6 is 11.3 Å². The molecular weight excluding hydrogens is 212 g/mol. The highest BCUT2D eigenvalue weighted by Gasteiger charge is 1.90. The number of hydrogen-bond donors (Lipinski definition) is 2. The predicted octanol–water partition coefficient (Wildman–Crippen LogP) is 1.72. The molecule has 0 aliphatic carbocycles. The molecule has 0 aromatic carbocycles. The largest absolute Gasteiger partial charge is 0.358 e. The quantitative estimate of drug-likeness (QED) is 0.762. The molecule has 0 amide bonds. The summed E-state index contributed by atoms with van der Waals surface area (Å²) in [6.07, 6.45) is 2.32. The summed E-state index contributed by atoms with van der Waals surface area (Å²) in [7, 11) is 1.78. The molecular formula is C9H12N4OS. The summed E-state index contributed by atoms with van der Waals surface area (Å²) in [5.74, 6) is 0.694. The molecule has 80 valence electrons. The molecule has 0 saturated carbocycles. The van der Waals surface area contributed by atoms with Crippen LogP contribution in [0.2, 0.25) is 0 Å².